The van der Waals surface area contributed by atoms with E-state index in [4.69, 9.17) is 19.9 Å². The van der Waals surface area contributed by atoms with Crippen LogP contribution in [-0.4, -0.2) is 24.9 Å². The van der Waals surface area contributed by atoms with Crippen molar-refractivity contribution in [1.29, 1.82) is 0 Å². The first kappa shape index (κ1) is 30.3. The van der Waals surface area contributed by atoms with Crippen molar-refractivity contribution in [3.05, 3.63) is 139 Å². The van der Waals surface area contributed by atoms with Gasteiger partial charge in [0.2, 0.25) is 0 Å². The van der Waals surface area contributed by atoms with E-state index in [-0.39, 0.29) is 10.8 Å². The third kappa shape index (κ3) is 5.21. The summed E-state index contributed by atoms with van der Waals surface area (Å²) in [5.74, 6) is 1.74. The minimum Gasteiger partial charge on any atom is -0.254 e. The van der Waals surface area contributed by atoms with Gasteiger partial charge in [-0.05, 0) is 74.9 Å². The molecule has 0 atom stereocenters. The minimum absolute atomic E-state index is 0.153. The Morgan fingerprint density at radius 1 is 0.420 bits per heavy atom. The van der Waals surface area contributed by atoms with Crippen molar-refractivity contribution in [2.45, 2.75) is 51.4 Å². The third-order valence-corrected chi connectivity index (χ3v) is 10.6. The van der Waals surface area contributed by atoms with Crippen molar-refractivity contribution >= 4 is 32.6 Å². The molecule has 0 bridgehead atoms. The molecule has 0 N–H and O–H groups in total. The Balaban J connectivity index is 1.16. The smallest absolute Gasteiger partial charge is 0.182 e. The highest BCUT2D eigenvalue weighted by atomic mass is 15.0. The zero-order chi connectivity index (χ0) is 34.0. The minimum atomic E-state index is 0.153. The van der Waals surface area contributed by atoms with Crippen LogP contribution in [0.15, 0.2) is 128 Å². The maximum absolute atomic E-state index is 5.09. The Hall–Kier alpha value is -5.81. The van der Waals surface area contributed by atoms with Gasteiger partial charge >= 0.3 is 0 Å². The molecule has 0 saturated carbocycles. The van der Waals surface area contributed by atoms with Gasteiger partial charge in [0.1, 0.15) is 5.69 Å². The second-order valence-electron chi connectivity index (χ2n) is 14.9. The van der Waals surface area contributed by atoms with Gasteiger partial charge in [0.25, 0.3) is 0 Å². The van der Waals surface area contributed by atoms with Crippen LogP contribution in [-0.2, 0) is 10.8 Å². The molecule has 1 aliphatic carbocycles. The molecule has 50 heavy (non-hydrogen) atoms. The third-order valence-electron chi connectivity index (χ3n) is 10.6. The fourth-order valence-electron chi connectivity index (χ4n) is 7.51. The highest BCUT2D eigenvalue weighted by molar-refractivity contribution is 6.03. The van der Waals surface area contributed by atoms with Gasteiger partial charge in [0.15, 0.2) is 17.5 Å². The van der Waals surface area contributed by atoms with E-state index in [2.05, 4.69) is 142 Å². The SMILES string of the molecule is CC1(C)CCC(C)(C)c2cc(-c3ccc(-c4nc(-c5ccc6ccccc6c5)nc(-c5ccc6ccc7cccnc7c6n5)n4)cc3)ccc21. The molecule has 3 heterocycles. The average molecular weight is 648 g/mol. The fourth-order valence-corrected chi connectivity index (χ4v) is 7.51. The number of fused-ring (bicyclic) bond motifs is 5. The highest BCUT2D eigenvalue weighted by Gasteiger charge is 2.37. The van der Waals surface area contributed by atoms with Crippen LogP contribution in [0.4, 0.5) is 0 Å². The lowest BCUT2D eigenvalue weighted by atomic mass is 9.63. The lowest BCUT2D eigenvalue weighted by Gasteiger charge is -2.42. The number of benzene rings is 5. The van der Waals surface area contributed by atoms with Gasteiger partial charge in [-0.25, -0.2) is 19.9 Å². The first-order chi connectivity index (χ1) is 24.2. The first-order valence-corrected chi connectivity index (χ1v) is 17.4. The van der Waals surface area contributed by atoms with E-state index in [9.17, 15) is 0 Å². The lowest BCUT2D eigenvalue weighted by molar-refractivity contribution is 0.332. The molecular formula is C45H37N5. The number of hydrogen-bond donors (Lipinski definition) is 0. The van der Waals surface area contributed by atoms with Crippen molar-refractivity contribution in [2.75, 3.05) is 0 Å². The fraction of sp³-hybridized carbons (Fsp3) is 0.178. The van der Waals surface area contributed by atoms with Gasteiger partial charge in [-0.1, -0.05) is 131 Å². The van der Waals surface area contributed by atoms with E-state index in [1.54, 1.807) is 0 Å². The predicted molar refractivity (Wildman–Crippen MR) is 205 cm³/mol. The summed E-state index contributed by atoms with van der Waals surface area (Å²) in [7, 11) is 0. The van der Waals surface area contributed by atoms with Crippen molar-refractivity contribution in [3.8, 4) is 45.4 Å². The van der Waals surface area contributed by atoms with Crippen LogP contribution in [0.1, 0.15) is 51.7 Å². The summed E-state index contributed by atoms with van der Waals surface area (Å²) in [6.07, 6.45) is 4.21. The van der Waals surface area contributed by atoms with Crippen LogP contribution in [0.3, 0.4) is 0 Å². The van der Waals surface area contributed by atoms with Crippen LogP contribution in [0.25, 0.3) is 78.0 Å². The molecule has 0 spiro atoms. The molecule has 5 nitrogen and oxygen atoms in total. The van der Waals surface area contributed by atoms with Gasteiger partial charge in [0.05, 0.1) is 11.0 Å². The van der Waals surface area contributed by atoms with Crippen LogP contribution in [0.5, 0.6) is 0 Å². The molecule has 0 unspecified atom stereocenters. The van der Waals surface area contributed by atoms with Gasteiger partial charge in [-0.2, -0.15) is 0 Å². The van der Waals surface area contributed by atoms with E-state index in [0.29, 0.717) is 23.2 Å². The monoisotopic (exact) mass is 647 g/mol. The molecule has 3 aromatic heterocycles. The van der Waals surface area contributed by atoms with E-state index in [1.807, 2.05) is 18.3 Å². The zero-order valence-corrected chi connectivity index (χ0v) is 28.8. The lowest BCUT2D eigenvalue weighted by Crippen LogP contribution is -2.33. The van der Waals surface area contributed by atoms with Crippen molar-refractivity contribution in [1.82, 2.24) is 24.9 Å². The first-order valence-electron chi connectivity index (χ1n) is 17.4. The molecule has 0 saturated heterocycles. The second-order valence-corrected chi connectivity index (χ2v) is 14.9. The maximum atomic E-state index is 5.09. The average Bonchev–Trinajstić information content (AvgIpc) is 3.16. The molecular weight excluding hydrogens is 611 g/mol. The quantitative estimate of drug-likeness (QED) is 0.178. The highest BCUT2D eigenvalue weighted by Crippen LogP contribution is 2.47. The molecule has 5 aromatic carbocycles. The number of nitrogens with zero attached hydrogens (tertiary/aromatic N) is 5. The van der Waals surface area contributed by atoms with Crippen molar-refractivity contribution in [2.24, 2.45) is 0 Å². The zero-order valence-electron chi connectivity index (χ0n) is 28.8. The topological polar surface area (TPSA) is 64.5 Å². The molecule has 1 aliphatic rings. The van der Waals surface area contributed by atoms with Gasteiger partial charge in [0, 0.05) is 28.1 Å². The number of rotatable bonds is 4. The van der Waals surface area contributed by atoms with E-state index in [0.717, 1.165) is 38.3 Å². The summed E-state index contributed by atoms with van der Waals surface area (Å²) >= 11 is 0. The molecule has 9 rings (SSSR count). The summed E-state index contributed by atoms with van der Waals surface area (Å²) in [4.78, 5) is 24.9. The maximum Gasteiger partial charge on any atom is 0.182 e. The number of aromatic nitrogens is 5. The Bertz CT molecular complexity index is 2600. The predicted octanol–water partition coefficient (Wildman–Crippen LogP) is 11.1. The summed E-state index contributed by atoms with van der Waals surface area (Å²) < 4.78 is 0. The van der Waals surface area contributed by atoms with Crippen molar-refractivity contribution < 1.29 is 0 Å². The van der Waals surface area contributed by atoms with E-state index >= 15 is 0 Å². The van der Waals surface area contributed by atoms with Crippen LogP contribution in [0, 0.1) is 0 Å². The molecule has 0 radical (unpaired) electrons. The Morgan fingerprint density at radius 3 is 1.80 bits per heavy atom. The Kier molecular flexibility index (Phi) is 6.89. The molecule has 5 heteroatoms. The Labute approximate surface area is 292 Å². The van der Waals surface area contributed by atoms with Gasteiger partial charge in [-0.3, -0.25) is 4.98 Å². The van der Waals surface area contributed by atoms with Crippen LogP contribution in [0.2, 0.25) is 0 Å². The normalized spacial score (nSPS) is 15.0. The molecule has 0 aliphatic heterocycles. The second kappa shape index (κ2) is 11.4. The summed E-state index contributed by atoms with van der Waals surface area (Å²) in [5.41, 5.74) is 9.91. The van der Waals surface area contributed by atoms with E-state index < -0.39 is 0 Å². The Morgan fingerprint density at radius 2 is 1.00 bits per heavy atom. The van der Waals surface area contributed by atoms with Gasteiger partial charge in [-0.15, -0.1) is 0 Å². The summed E-state index contributed by atoms with van der Waals surface area (Å²) in [5, 5.41) is 4.37. The number of pyridine rings is 2. The number of hydrogen-bond acceptors (Lipinski definition) is 5. The van der Waals surface area contributed by atoms with Gasteiger partial charge < -0.3 is 0 Å². The largest absolute Gasteiger partial charge is 0.254 e. The summed E-state index contributed by atoms with van der Waals surface area (Å²) in [6, 6.07) is 42.6. The summed E-state index contributed by atoms with van der Waals surface area (Å²) in [6.45, 7) is 9.50. The standard InChI is InChI=1S/C45H37N5/c1-44(2)23-24-45(3,4)37-27-34(19-21-36(37)44)29-11-16-32(17-12-29)41-48-42(35-18-13-28-8-5-6-9-33(28)26-35)50-43(49-41)38-22-20-31-15-14-30-10-7-25-46-39(30)40(31)47-38/h5-22,25-27H,23-24H2,1-4H3. The molecule has 8 aromatic rings. The van der Waals surface area contributed by atoms with Crippen molar-refractivity contribution in [3.63, 3.8) is 0 Å². The molecule has 0 amide bonds. The van der Waals surface area contributed by atoms with E-state index in [1.165, 1.54) is 40.5 Å². The molecule has 0 fully saturated rings. The molecule has 242 valence electrons. The van der Waals surface area contributed by atoms with Crippen LogP contribution < -0.4 is 0 Å². The van der Waals surface area contributed by atoms with Crippen LogP contribution >= 0.6 is 0 Å².